The first-order valence-corrected chi connectivity index (χ1v) is 17.6. The lowest BCUT2D eigenvalue weighted by Crippen LogP contribution is -2.51. The molecule has 0 aromatic carbocycles. The Labute approximate surface area is 208 Å². The molecule has 2 heterocycles. The van der Waals surface area contributed by atoms with Crippen molar-refractivity contribution in [2.75, 3.05) is 13.3 Å². The highest BCUT2D eigenvalue weighted by Gasteiger charge is 2.53. The number of aromatic amines is 1. The summed E-state index contributed by atoms with van der Waals surface area (Å²) in [4.78, 5) is 37.2. The predicted molar refractivity (Wildman–Crippen MR) is 137 cm³/mol. The van der Waals surface area contributed by atoms with Gasteiger partial charge in [0, 0.05) is 17.2 Å². The number of nitrogens with one attached hydrogen (secondary N) is 1. The standard InChI is InChI=1S/C22H41N3O8Si2/c1-21(2,3)34(7,8)31-13-15-17(30-14-25(28)29)18(33-35(9,10)22(4,5)6)19(32-15)24-12-11-16(26)23-20(24)27/h11-12,15,17-19H,13-14H2,1-10H3,(H,23,26,27)/t15-,17-,18-,19-/m1/s1. The van der Waals surface area contributed by atoms with Crippen LogP contribution in [0.2, 0.25) is 36.3 Å². The van der Waals surface area contributed by atoms with Crippen molar-refractivity contribution in [3.8, 4) is 0 Å². The number of aromatic nitrogens is 2. The van der Waals surface area contributed by atoms with E-state index >= 15 is 0 Å². The fourth-order valence-electron chi connectivity index (χ4n) is 3.19. The zero-order valence-electron chi connectivity index (χ0n) is 22.5. The summed E-state index contributed by atoms with van der Waals surface area (Å²) < 4.78 is 26.3. The fourth-order valence-corrected chi connectivity index (χ4v) is 5.49. The molecule has 35 heavy (non-hydrogen) atoms. The Bertz CT molecular complexity index is 1010. The molecule has 0 unspecified atom stereocenters. The summed E-state index contributed by atoms with van der Waals surface area (Å²) in [5, 5.41) is 10.9. The maximum atomic E-state index is 12.7. The Hall–Kier alpha value is -1.65. The van der Waals surface area contributed by atoms with Crippen LogP contribution in [-0.4, -0.2) is 62.8 Å². The van der Waals surface area contributed by atoms with Gasteiger partial charge in [-0.2, -0.15) is 0 Å². The predicted octanol–water partition coefficient (Wildman–Crippen LogP) is 3.47. The summed E-state index contributed by atoms with van der Waals surface area (Å²) >= 11 is 0. The van der Waals surface area contributed by atoms with E-state index < -0.39 is 64.1 Å². The van der Waals surface area contributed by atoms with Crippen LogP contribution >= 0.6 is 0 Å². The van der Waals surface area contributed by atoms with E-state index in [0.717, 1.165) is 0 Å². The third kappa shape index (κ3) is 6.98. The third-order valence-electron chi connectivity index (χ3n) is 7.43. The molecule has 4 atom stereocenters. The minimum atomic E-state index is -2.44. The highest BCUT2D eigenvalue weighted by molar-refractivity contribution is 6.74. The molecule has 0 amide bonds. The largest absolute Gasteiger partial charge is 0.414 e. The van der Waals surface area contributed by atoms with E-state index in [2.05, 4.69) is 59.6 Å². The van der Waals surface area contributed by atoms with Crippen molar-refractivity contribution in [2.45, 2.75) is 102 Å². The summed E-state index contributed by atoms with van der Waals surface area (Å²) in [7, 11) is -4.62. The van der Waals surface area contributed by atoms with E-state index in [1.807, 2.05) is 13.1 Å². The molecule has 1 aromatic heterocycles. The van der Waals surface area contributed by atoms with Gasteiger partial charge >= 0.3 is 12.4 Å². The van der Waals surface area contributed by atoms with Gasteiger partial charge in [0.15, 0.2) is 22.9 Å². The van der Waals surface area contributed by atoms with Crippen molar-refractivity contribution in [1.29, 1.82) is 0 Å². The van der Waals surface area contributed by atoms with Crippen LogP contribution in [0.5, 0.6) is 0 Å². The zero-order valence-corrected chi connectivity index (χ0v) is 24.5. The third-order valence-corrected chi connectivity index (χ3v) is 16.4. The Kier molecular flexibility index (Phi) is 8.77. The Balaban J connectivity index is 2.52. The van der Waals surface area contributed by atoms with Crippen LogP contribution in [-0.2, 0) is 18.3 Å². The van der Waals surface area contributed by atoms with E-state index in [4.69, 9.17) is 18.3 Å². The molecule has 0 aliphatic carbocycles. The van der Waals surface area contributed by atoms with E-state index in [-0.39, 0.29) is 16.7 Å². The second-order valence-corrected chi connectivity index (χ2v) is 21.7. The molecule has 13 heteroatoms. The Morgan fingerprint density at radius 2 is 1.63 bits per heavy atom. The Morgan fingerprint density at radius 3 is 2.11 bits per heavy atom. The highest BCUT2D eigenvalue weighted by Crippen LogP contribution is 2.43. The Morgan fingerprint density at radius 1 is 1.06 bits per heavy atom. The topological polar surface area (TPSA) is 135 Å². The molecule has 0 saturated carbocycles. The molecule has 0 bridgehead atoms. The number of rotatable bonds is 9. The van der Waals surface area contributed by atoms with Crippen molar-refractivity contribution >= 4 is 16.6 Å². The van der Waals surface area contributed by atoms with Crippen molar-refractivity contribution in [1.82, 2.24) is 9.55 Å². The van der Waals surface area contributed by atoms with Gasteiger partial charge < -0.3 is 18.3 Å². The minimum absolute atomic E-state index is 0.0604. The number of H-pyrrole nitrogens is 1. The van der Waals surface area contributed by atoms with Crippen LogP contribution < -0.4 is 11.2 Å². The fraction of sp³-hybridized carbons (Fsp3) is 0.818. The van der Waals surface area contributed by atoms with Crippen molar-refractivity contribution in [3.05, 3.63) is 43.2 Å². The second-order valence-electron chi connectivity index (χ2n) is 12.1. The normalized spacial score (nSPS) is 24.1. The molecule has 1 fully saturated rings. The molecule has 1 aliphatic rings. The maximum Gasteiger partial charge on any atom is 0.330 e. The van der Waals surface area contributed by atoms with Gasteiger partial charge in [-0.05, 0) is 36.3 Å². The van der Waals surface area contributed by atoms with Crippen LogP contribution in [0.4, 0.5) is 0 Å². The average Bonchev–Trinajstić information content (AvgIpc) is 2.99. The van der Waals surface area contributed by atoms with Crippen LogP contribution in [0.25, 0.3) is 0 Å². The van der Waals surface area contributed by atoms with Crippen LogP contribution in [0.1, 0.15) is 47.8 Å². The van der Waals surface area contributed by atoms with Gasteiger partial charge in [-0.25, -0.2) is 4.79 Å². The zero-order chi connectivity index (χ0) is 27.0. The lowest BCUT2D eigenvalue weighted by Gasteiger charge is -2.40. The smallest absolute Gasteiger partial charge is 0.330 e. The highest BCUT2D eigenvalue weighted by atomic mass is 28.4. The van der Waals surface area contributed by atoms with E-state index in [1.165, 1.54) is 16.8 Å². The van der Waals surface area contributed by atoms with Gasteiger partial charge in [0.25, 0.3) is 5.56 Å². The van der Waals surface area contributed by atoms with Crippen molar-refractivity contribution in [2.24, 2.45) is 0 Å². The molecule has 11 nitrogen and oxygen atoms in total. The first-order valence-electron chi connectivity index (χ1n) is 11.8. The van der Waals surface area contributed by atoms with Crippen LogP contribution in [0, 0.1) is 10.1 Å². The second kappa shape index (κ2) is 10.4. The molecule has 1 saturated heterocycles. The number of nitrogens with zero attached hydrogens (tertiary/aromatic N) is 2. The van der Waals surface area contributed by atoms with Crippen LogP contribution in [0.15, 0.2) is 21.9 Å². The molecule has 2 rings (SSSR count). The molecule has 1 aromatic rings. The molecule has 1 aliphatic heterocycles. The number of hydrogen-bond acceptors (Lipinski definition) is 8. The minimum Gasteiger partial charge on any atom is -0.414 e. The van der Waals surface area contributed by atoms with Gasteiger partial charge in [-0.3, -0.25) is 24.5 Å². The average molecular weight is 532 g/mol. The van der Waals surface area contributed by atoms with Gasteiger partial charge in [-0.15, -0.1) is 0 Å². The molecular weight excluding hydrogens is 490 g/mol. The van der Waals surface area contributed by atoms with Crippen LogP contribution in [0.3, 0.4) is 0 Å². The molecular formula is C22H41N3O8Si2. The van der Waals surface area contributed by atoms with Gasteiger partial charge in [0.2, 0.25) is 0 Å². The summed E-state index contributed by atoms with van der Waals surface area (Å²) in [5.74, 6) is 0. The lowest BCUT2D eigenvalue weighted by atomic mass is 10.1. The lowest BCUT2D eigenvalue weighted by molar-refractivity contribution is -0.531. The number of hydrogen-bond donors (Lipinski definition) is 1. The number of ether oxygens (including phenoxy) is 2. The van der Waals surface area contributed by atoms with Gasteiger partial charge in [0.05, 0.1) is 6.61 Å². The first kappa shape index (κ1) is 29.6. The van der Waals surface area contributed by atoms with Gasteiger partial charge in [-0.1, -0.05) is 41.5 Å². The first-order chi connectivity index (χ1) is 15.8. The van der Waals surface area contributed by atoms with E-state index in [1.54, 1.807) is 0 Å². The quantitative estimate of drug-likeness (QED) is 0.221. The monoisotopic (exact) mass is 531 g/mol. The van der Waals surface area contributed by atoms with E-state index in [0.29, 0.717) is 0 Å². The number of nitro groups is 1. The molecule has 1 N–H and O–H groups in total. The van der Waals surface area contributed by atoms with Gasteiger partial charge in [0.1, 0.15) is 18.3 Å². The summed E-state index contributed by atoms with van der Waals surface area (Å²) in [6.45, 7) is 20.2. The molecule has 0 spiro atoms. The molecule has 0 radical (unpaired) electrons. The summed E-state index contributed by atoms with van der Waals surface area (Å²) in [6, 6.07) is 1.22. The summed E-state index contributed by atoms with van der Waals surface area (Å²) in [6.07, 6.45) is -2.02. The molecule has 200 valence electrons. The van der Waals surface area contributed by atoms with Crippen molar-refractivity contribution in [3.63, 3.8) is 0 Å². The SMILES string of the molecule is CC(C)(C)[Si](C)(C)OC[C@H]1O[C@@H](n2ccc(=O)[nH]c2=O)[C@H](O[Si](C)(C)C(C)(C)C)[C@@H]1OC[N+](=O)[O-]. The summed E-state index contributed by atoms with van der Waals surface area (Å²) in [5.41, 5.74) is -1.20. The maximum absolute atomic E-state index is 12.7. The van der Waals surface area contributed by atoms with Crippen molar-refractivity contribution < 1.29 is 23.2 Å². The van der Waals surface area contributed by atoms with E-state index in [9.17, 15) is 19.7 Å².